The number of rotatable bonds is 6. The molecule has 5 rings (SSSR count). The molecule has 0 spiro atoms. The van der Waals surface area contributed by atoms with E-state index in [1.54, 1.807) is 42.5 Å². The van der Waals surface area contributed by atoms with Gasteiger partial charge in [-0.25, -0.2) is 8.42 Å². The summed E-state index contributed by atoms with van der Waals surface area (Å²) in [6, 6.07) is 22.1. The Balaban J connectivity index is 1.50. The third-order valence-electron chi connectivity index (χ3n) is 5.25. The Morgan fingerprint density at radius 2 is 1.40 bits per heavy atom. The smallest absolute Gasteiger partial charge is 0.295 e. The standard InChI is InChI=1S/C24H16Cl2N2O5S2/c25-17-9-11-21(27-34(29,30)18-10-8-15-5-3-6-20(26)19(15)14-18)22(13-17)28-35(31,32)24-12-16-4-1-2-7-23(16)33-24/h1-14,27-28H. The first-order valence-corrected chi connectivity index (χ1v) is 13.9. The van der Waals surface area contributed by atoms with Crippen LogP contribution < -0.4 is 9.44 Å². The Morgan fingerprint density at radius 3 is 2.20 bits per heavy atom. The van der Waals surface area contributed by atoms with E-state index >= 15 is 0 Å². The summed E-state index contributed by atoms with van der Waals surface area (Å²) in [6.07, 6.45) is 0. The van der Waals surface area contributed by atoms with Crippen LogP contribution in [0.25, 0.3) is 21.7 Å². The van der Waals surface area contributed by atoms with Crippen LogP contribution in [0.5, 0.6) is 0 Å². The van der Waals surface area contributed by atoms with Crippen molar-refractivity contribution in [3.05, 3.63) is 95.0 Å². The van der Waals surface area contributed by atoms with E-state index in [-0.39, 0.29) is 26.4 Å². The molecule has 0 radical (unpaired) electrons. The van der Waals surface area contributed by atoms with Crippen molar-refractivity contribution in [1.29, 1.82) is 0 Å². The largest absolute Gasteiger partial charge is 0.443 e. The summed E-state index contributed by atoms with van der Waals surface area (Å²) in [6.45, 7) is 0. The molecule has 0 atom stereocenters. The minimum Gasteiger partial charge on any atom is -0.443 e. The van der Waals surface area contributed by atoms with Gasteiger partial charge in [0.25, 0.3) is 20.0 Å². The fourth-order valence-electron chi connectivity index (χ4n) is 3.56. The van der Waals surface area contributed by atoms with Crippen molar-refractivity contribution in [1.82, 2.24) is 0 Å². The quantitative estimate of drug-likeness (QED) is 0.253. The molecule has 1 aromatic heterocycles. The first-order chi connectivity index (χ1) is 16.6. The van der Waals surface area contributed by atoms with Gasteiger partial charge in [-0.15, -0.1) is 0 Å². The lowest BCUT2D eigenvalue weighted by Gasteiger charge is -2.15. The maximum absolute atomic E-state index is 13.2. The van der Waals surface area contributed by atoms with Crippen molar-refractivity contribution in [3.8, 4) is 0 Å². The minimum atomic E-state index is -4.20. The summed E-state index contributed by atoms with van der Waals surface area (Å²) in [5, 5.41) is 2.24. The lowest BCUT2D eigenvalue weighted by Crippen LogP contribution is -2.17. The van der Waals surface area contributed by atoms with E-state index in [1.807, 2.05) is 6.07 Å². The topological polar surface area (TPSA) is 105 Å². The molecule has 0 saturated heterocycles. The van der Waals surface area contributed by atoms with Crippen LogP contribution in [0.1, 0.15) is 0 Å². The zero-order chi connectivity index (χ0) is 24.8. The molecular weight excluding hydrogens is 531 g/mol. The molecule has 2 N–H and O–H groups in total. The van der Waals surface area contributed by atoms with Gasteiger partial charge in [-0.3, -0.25) is 9.44 Å². The molecule has 0 fully saturated rings. The van der Waals surface area contributed by atoms with Crippen LogP contribution in [0, 0.1) is 0 Å². The van der Waals surface area contributed by atoms with E-state index in [9.17, 15) is 16.8 Å². The Kier molecular flexibility index (Phi) is 5.88. The molecule has 0 unspecified atom stereocenters. The highest BCUT2D eigenvalue weighted by molar-refractivity contribution is 7.93. The number of nitrogens with one attached hydrogen (secondary N) is 2. The Labute approximate surface area is 211 Å². The van der Waals surface area contributed by atoms with Gasteiger partial charge < -0.3 is 4.42 Å². The van der Waals surface area contributed by atoms with Crippen molar-refractivity contribution in [2.45, 2.75) is 9.99 Å². The molecular formula is C24H16Cl2N2O5S2. The second-order valence-corrected chi connectivity index (χ2v) is 11.8. The van der Waals surface area contributed by atoms with Crippen molar-refractivity contribution in [2.24, 2.45) is 0 Å². The number of fused-ring (bicyclic) bond motifs is 2. The third-order valence-corrected chi connectivity index (χ3v) is 8.40. The highest BCUT2D eigenvalue weighted by Crippen LogP contribution is 2.32. The van der Waals surface area contributed by atoms with Crippen molar-refractivity contribution in [3.63, 3.8) is 0 Å². The number of halogens is 2. The van der Waals surface area contributed by atoms with E-state index < -0.39 is 20.0 Å². The summed E-state index contributed by atoms with van der Waals surface area (Å²) in [5.41, 5.74) is 0.309. The van der Waals surface area contributed by atoms with Crippen LogP contribution in [-0.4, -0.2) is 16.8 Å². The molecule has 7 nitrogen and oxygen atoms in total. The molecule has 11 heteroatoms. The molecule has 4 aromatic carbocycles. The van der Waals surface area contributed by atoms with Gasteiger partial charge in [-0.1, -0.05) is 59.6 Å². The highest BCUT2D eigenvalue weighted by Gasteiger charge is 2.23. The lowest BCUT2D eigenvalue weighted by atomic mass is 10.1. The van der Waals surface area contributed by atoms with Gasteiger partial charge in [0.1, 0.15) is 5.58 Å². The SMILES string of the molecule is O=S(=O)(Nc1ccc(Cl)cc1NS(=O)(=O)c1cc2ccccc2o1)c1ccc2cccc(Cl)c2c1. The first kappa shape index (κ1) is 23.5. The zero-order valence-corrected chi connectivity index (χ0v) is 20.8. The molecule has 0 aliphatic carbocycles. The molecule has 0 bridgehead atoms. The summed E-state index contributed by atoms with van der Waals surface area (Å²) in [4.78, 5) is -0.0425. The maximum atomic E-state index is 13.2. The Hall–Kier alpha value is -3.24. The van der Waals surface area contributed by atoms with E-state index in [0.29, 0.717) is 21.4 Å². The van der Waals surface area contributed by atoms with Gasteiger partial charge in [0, 0.05) is 26.9 Å². The van der Waals surface area contributed by atoms with Gasteiger partial charge in [-0.05, 0) is 47.9 Å². The number of hydrogen-bond donors (Lipinski definition) is 2. The van der Waals surface area contributed by atoms with Crippen molar-refractivity contribution < 1.29 is 21.3 Å². The van der Waals surface area contributed by atoms with Gasteiger partial charge in [0.2, 0.25) is 5.09 Å². The van der Waals surface area contributed by atoms with E-state index in [0.717, 1.165) is 5.39 Å². The molecule has 1 heterocycles. The average molecular weight is 547 g/mol. The summed E-state index contributed by atoms with van der Waals surface area (Å²) >= 11 is 12.3. The number of furan rings is 1. The second-order valence-electron chi connectivity index (χ2n) is 7.63. The third kappa shape index (κ3) is 4.68. The monoisotopic (exact) mass is 546 g/mol. The van der Waals surface area contributed by atoms with Crippen LogP contribution in [0.3, 0.4) is 0 Å². The first-order valence-electron chi connectivity index (χ1n) is 10.1. The maximum Gasteiger partial charge on any atom is 0.295 e. The van der Waals surface area contributed by atoms with Crippen LogP contribution >= 0.6 is 23.2 Å². The number of hydrogen-bond acceptors (Lipinski definition) is 5. The molecule has 35 heavy (non-hydrogen) atoms. The molecule has 0 aliphatic heterocycles. The molecule has 0 saturated carbocycles. The number of para-hydroxylation sites is 1. The van der Waals surface area contributed by atoms with Crippen LogP contribution in [-0.2, 0) is 20.0 Å². The van der Waals surface area contributed by atoms with Gasteiger partial charge in [-0.2, -0.15) is 8.42 Å². The predicted octanol–water partition coefficient (Wildman–Crippen LogP) is 6.49. The lowest BCUT2D eigenvalue weighted by molar-refractivity contribution is 0.484. The van der Waals surface area contributed by atoms with Crippen LogP contribution in [0.15, 0.2) is 99.3 Å². The Bertz CT molecular complexity index is 1780. The zero-order valence-electron chi connectivity index (χ0n) is 17.7. The second kappa shape index (κ2) is 8.76. The average Bonchev–Trinajstić information content (AvgIpc) is 3.26. The minimum absolute atomic E-state index is 0.0201. The van der Waals surface area contributed by atoms with E-state index in [4.69, 9.17) is 27.6 Å². The number of anilines is 2. The fraction of sp³-hybridized carbons (Fsp3) is 0. The van der Waals surface area contributed by atoms with Crippen LogP contribution in [0.4, 0.5) is 11.4 Å². The molecule has 0 aliphatic rings. The van der Waals surface area contributed by atoms with Gasteiger partial charge >= 0.3 is 0 Å². The van der Waals surface area contributed by atoms with Crippen LogP contribution in [0.2, 0.25) is 10.0 Å². The Morgan fingerprint density at radius 1 is 0.657 bits per heavy atom. The summed E-state index contributed by atoms with van der Waals surface area (Å²) in [7, 11) is -8.30. The predicted molar refractivity (Wildman–Crippen MR) is 138 cm³/mol. The van der Waals surface area contributed by atoms with Crippen molar-refractivity contribution >= 4 is 76.4 Å². The van der Waals surface area contributed by atoms with Gasteiger partial charge in [0.15, 0.2) is 0 Å². The molecule has 0 amide bonds. The molecule has 178 valence electrons. The fourth-order valence-corrected chi connectivity index (χ4v) is 6.11. The summed E-state index contributed by atoms with van der Waals surface area (Å²) < 4.78 is 62.6. The van der Waals surface area contributed by atoms with E-state index in [1.165, 1.54) is 36.4 Å². The molecule has 5 aromatic rings. The summed E-state index contributed by atoms with van der Waals surface area (Å²) in [5.74, 6) is 0. The highest BCUT2D eigenvalue weighted by atomic mass is 35.5. The normalized spacial score (nSPS) is 12.2. The van der Waals surface area contributed by atoms with Crippen molar-refractivity contribution in [2.75, 3.05) is 9.44 Å². The van der Waals surface area contributed by atoms with E-state index in [2.05, 4.69) is 9.44 Å². The number of sulfonamides is 2. The number of benzene rings is 4. The van der Waals surface area contributed by atoms with Gasteiger partial charge in [0.05, 0.1) is 16.3 Å².